The van der Waals surface area contributed by atoms with Crippen LogP contribution in [0.1, 0.15) is 5.82 Å². The van der Waals surface area contributed by atoms with E-state index >= 15 is 0 Å². The van der Waals surface area contributed by atoms with Crippen molar-refractivity contribution in [2.45, 2.75) is 6.92 Å². The molecule has 6 nitrogen and oxygen atoms in total. The van der Waals surface area contributed by atoms with Gasteiger partial charge in [-0.2, -0.15) is 0 Å². The molecule has 98 valence electrons. The fraction of sp³-hybridized carbons (Fsp3) is 0.385. The number of rotatable bonds is 2. The first kappa shape index (κ1) is 11.8. The Morgan fingerprint density at radius 1 is 0.789 bits per heavy atom. The molecular formula is C13H16N6. The van der Waals surface area contributed by atoms with E-state index in [9.17, 15) is 0 Å². The first-order chi connectivity index (χ1) is 9.33. The van der Waals surface area contributed by atoms with Crippen LogP contribution in [0.3, 0.4) is 0 Å². The van der Waals surface area contributed by atoms with Crippen LogP contribution in [0, 0.1) is 6.92 Å². The molecule has 0 atom stereocenters. The van der Waals surface area contributed by atoms with Gasteiger partial charge < -0.3 is 9.80 Å². The Morgan fingerprint density at radius 2 is 1.26 bits per heavy atom. The summed E-state index contributed by atoms with van der Waals surface area (Å²) in [6.07, 6.45) is 9.06. The summed E-state index contributed by atoms with van der Waals surface area (Å²) in [6, 6.07) is 0. The number of anilines is 2. The number of hydrogen-bond donors (Lipinski definition) is 0. The summed E-state index contributed by atoms with van der Waals surface area (Å²) in [5, 5.41) is 0. The second kappa shape index (κ2) is 5.17. The highest BCUT2D eigenvalue weighted by Crippen LogP contribution is 2.17. The van der Waals surface area contributed by atoms with Gasteiger partial charge in [0.05, 0.1) is 36.2 Å². The van der Waals surface area contributed by atoms with Crippen LogP contribution < -0.4 is 9.80 Å². The third-order valence-corrected chi connectivity index (χ3v) is 3.32. The van der Waals surface area contributed by atoms with Gasteiger partial charge >= 0.3 is 0 Å². The second-order valence-electron chi connectivity index (χ2n) is 4.56. The van der Waals surface area contributed by atoms with E-state index in [1.807, 2.05) is 31.7 Å². The minimum Gasteiger partial charge on any atom is -0.365 e. The van der Waals surface area contributed by atoms with Crippen LogP contribution in [0.15, 0.2) is 31.1 Å². The van der Waals surface area contributed by atoms with Gasteiger partial charge in [0.15, 0.2) is 0 Å². The molecule has 3 heterocycles. The standard InChI is InChI=1S/C13H16N6/c1-11-16-8-13(9-17-11)19-4-2-18(3-5-19)12-6-14-10-15-7-12/h6-10H,2-5H2,1H3. The average Bonchev–Trinajstić information content (AvgIpc) is 2.49. The van der Waals surface area contributed by atoms with Gasteiger partial charge in [0.25, 0.3) is 0 Å². The molecule has 0 bridgehead atoms. The second-order valence-corrected chi connectivity index (χ2v) is 4.56. The molecule has 19 heavy (non-hydrogen) atoms. The van der Waals surface area contributed by atoms with Crippen LogP contribution in [-0.4, -0.2) is 46.1 Å². The van der Waals surface area contributed by atoms with Crippen LogP contribution in [0.4, 0.5) is 11.4 Å². The van der Waals surface area contributed by atoms with E-state index in [1.165, 1.54) is 0 Å². The molecular weight excluding hydrogens is 240 g/mol. The van der Waals surface area contributed by atoms with Gasteiger partial charge in [-0.05, 0) is 6.92 Å². The van der Waals surface area contributed by atoms with E-state index in [0.717, 1.165) is 43.4 Å². The summed E-state index contributed by atoms with van der Waals surface area (Å²) in [7, 11) is 0. The number of aromatic nitrogens is 4. The Bertz CT molecular complexity index is 519. The molecule has 0 amide bonds. The fourth-order valence-electron chi connectivity index (χ4n) is 2.23. The number of hydrogen-bond acceptors (Lipinski definition) is 6. The van der Waals surface area contributed by atoms with Crippen molar-refractivity contribution in [2.24, 2.45) is 0 Å². The lowest BCUT2D eigenvalue weighted by Gasteiger charge is -2.36. The smallest absolute Gasteiger partial charge is 0.125 e. The van der Waals surface area contributed by atoms with Crippen molar-refractivity contribution in [2.75, 3.05) is 36.0 Å². The summed E-state index contributed by atoms with van der Waals surface area (Å²) in [4.78, 5) is 21.2. The summed E-state index contributed by atoms with van der Waals surface area (Å²) >= 11 is 0. The Kier molecular flexibility index (Phi) is 3.22. The first-order valence-corrected chi connectivity index (χ1v) is 6.36. The van der Waals surface area contributed by atoms with Crippen molar-refractivity contribution in [1.29, 1.82) is 0 Å². The van der Waals surface area contributed by atoms with Gasteiger partial charge in [0, 0.05) is 26.2 Å². The average molecular weight is 256 g/mol. The molecule has 1 aliphatic rings. The van der Waals surface area contributed by atoms with Crippen molar-refractivity contribution in [3.8, 4) is 0 Å². The van der Waals surface area contributed by atoms with Crippen molar-refractivity contribution in [3.05, 3.63) is 36.9 Å². The highest BCUT2D eigenvalue weighted by molar-refractivity contribution is 5.47. The maximum absolute atomic E-state index is 4.25. The fourth-order valence-corrected chi connectivity index (χ4v) is 2.23. The van der Waals surface area contributed by atoms with Crippen molar-refractivity contribution in [1.82, 2.24) is 19.9 Å². The first-order valence-electron chi connectivity index (χ1n) is 6.36. The van der Waals surface area contributed by atoms with Crippen molar-refractivity contribution in [3.63, 3.8) is 0 Å². The van der Waals surface area contributed by atoms with Gasteiger partial charge in [-0.15, -0.1) is 0 Å². The Balaban J connectivity index is 1.65. The molecule has 0 N–H and O–H groups in total. The van der Waals surface area contributed by atoms with Crippen LogP contribution in [-0.2, 0) is 0 Å². The highest BCUT2D eigenvalue weighted by Gasteiger charge is 2.18. The quantitative estimate of drug-likeness (QED) is 0.795. The van der Waals surface area contributed by atoms with Crippen LogP contribution in [0.5, 0.6) is 0 Å². The van der Waals surface area contributed by atoms with Crippen LogP contribution in [0.2, 0.25) is 0 Å². The predicted octanol–water partition coefficient (Wildman–Crippen LogP) is 0.902. The molecule has 0 aliphatic carbocycles. The van der Waals surface area contributed by atoms with Crippen molar-refractivity contribution >= 4 is 11.4 Å². The Morgan fingerprint density at radius 3 is 1.79 bits per heavy atom. The van der Waals surface area contributed by atoms with Gasteiger partial charge in [-0.3, -0.25) is 0 Å². The minimum absolute atomic E-state index is 0.809. The Labute approximate surface area is 112 Å². The molecule has 0 spiro atoms. The molecule has 0 saturated carbocycles. The maximum atomic E-state index is 4.25. The lowest BCUT2D eigenvalue weighted by Crippen LogP contribution is -2.46. The van der Waals surface area contributed by atoms with Crippen LogP contribution >= 0.6 is 0 Å². The van der Waals surface area contributed by atoms with E-state index in [-0.39, 0.29) is 0 Å². The monoisotopic (exact) mass is 256 g/mol. The molecule has 0 unspecified atom stereocenters. The summed E-state index contributed by atoms with van der Waals surface area (Å²) in [6.45, 7) is 5.74. The van der Waals surface area contributed by atoms with E-state index in [2.05, 4.69) is 29.7 Å². The van der Waals surface area contributed by atoms with E-state index in [1.54, 1.807) is 6.33 Å². The summed E-state index contributed by atoms with van der Waals surface area (Å²) < 4.78 is 0. The number of aryl methyl sites for hydroxylation is 1. The molecule has 1 saturated heterocycles. The molecule has 3 rings (SSSR count). The topological polar surface area (TPSA) is 58.0 Å². The molecule has 1 aliphatic heterocycles. The SMILES string of the molecule is Cc1ncc(N2CCN(c3cncnc3)CC2)cn1. The zero-order chi connectivity index (χ0) is 13.1. The van der Waals surface area contributed by atoms with E-state index in [4.69, 9.17) is 0 Å². The summed E-state index contributed by atoms with van der Waals surface area (Å²) in [5.74, 6) is 0.809. The Hall–Kier alpha value is -2.24. The third-order valence-electron chi connectivity index (χ3n) is 3.32. The zero-order valence-electron chi connectivity index (χ0n) is 10.9. The molecule has 2 aromatic rings. The molecule has 0 radical (unpaired) electrons. The zero-order valence-corrected chi connectivity index (χ0v) is 10.9. The minimum atomic E-state index is 0.809. The third kappa shape index (κ3) is 2.62. The highest BCUT2D eigenvalue weighted by atomic mass is 15.3. The van der Waals surface area contributed by atoms with Gasteiger partial charge in [-0.1, -0.05) is 0 Å². The van der Waals surface area contributed by atoms with Gasteiger partial charge in [0.2, 0.25) is 0 Å². The molecule has 1 fully saturated rings. The number of piperazine rings is 1. The lowest BCUT2D eigenvalue weighted by molar-refractivity contribution is 0.649. The lowest BCUT2D eigenvalue weighted by atomic mass is 10.3. The van der Waals surface area contributed by atoms with Gasteiger partial charge in [0.1, 0.15) is 12.2 Å². The van der Waals surface area contributed by atoms with E-state index in [0.29, 0.717) is 0 Å². The van der Waals surface area contributed by atoms with E-state index < -0.39 is 0 Å². The molecule has 2 aromatic heterocycles. The predicted molar refractivity (Wildman–Crippen MR) is 73.2 cm³/mol. The molecule has 0 aromatic carbocycles. The number of nitrogens with zero attached hydrogens (tertiary/aromatic N) is 6. The van der Waals surface area contributed by atoms with Crippen LogP contribution in [0.25, 0.3) is 0 Å². The van der Waals surface area contributed by atoms with Crippen molar-refractivity contribution < 1.29 is 0 Å². The summed E-state index contributed by atoms with van der Waals surface area (Å²) in [5.41, 5.74) is 2.18. The molecule has 6 heteroatoms. The van der Waals surface area contributed by atoms with Gasteiger partial charge in [-0.25, -0.2) is 19.9 Å². The largest absolute Gasteiger partial charge is 0.365 e. The normalized spacial score (nSPS) is 15.6. The maximum Gasteiger partial charge on any atom is 0.125 e.